The molecule has 0 saturated carbocycles. The zero-order valence-electron chi connectivity index (χ0n) is 16.1. The lowest BCUT2D eigenvalue weighted by Crippen LogP contribution is -2.37. The van der Waals surface area contributed by atoms with E-state index in [1.54, 1.807) is 31.4 Å². The Kier molecular flexibility index (Phi) is 5.17. The molecule has 0 spiro atoms. The van der Waals surface area contributed by atoms with Gasteiger partial charge >= 0.3 is 0 Å². The van der Waals surface area contributed by atoms with E-state index in [9.17, 15) is 20.1 Å². The van der Waals surface area contributed by atoms with Gasteiger partial charge in [-0.05, 0) is 37.1 Å². The van der Waals surface area contributed by atoms with E-state index in [1.807, 2.05) is 4.90 Å². The van der Waals surface area contributed by atoms with E-state index in [4.69, 9.17) is 9.15 Å². The molecule has 3 aromatic rings. The third kappa shape index (κ3) is 3.66. The number of nitrogens with zero attached hydrogens (tertiary/aromatic N) is 1. The number of phenolic OH excluding ortho intramolecular Hbond substituents is 2. The molecule has 2 heterocycles. The maximum atomic E-state index is 13.1. The van der Waals surface area contributed by atoms with Gasteiger partial charge in [-0.3, -0.25) is 9.69 Å². The highest BCUT2D eigenvalue weighted by atomic mass is 16.5. The first-order chi connectivity index (χ1) is 14.0. The summed E-state index contributed by atoms with van der Waals surface area (Å²) in [6.45, 7) is 1.56. The van der Waals surface area contributed by atoms with Crippen molar-refractivity contribution < 1.29 is 24.5 Å². The Balaban J connectivity index is 1.80. The van der Waals surface area contributed by atoms with Gasteiger partial charge in [0.1, 0.15) is 34.5 Å². The van der Waals surface area contributed by atoms with Crippen LogP contribution in [0.25, 0.3) is 22.1 Å². The summed E-state index contributed by atoms with van der Waals surface area (Å²) in [4.78, 5) is 15.1. The Hall–Kier alpha value is -3.03. The molecule has 0 amide bonds. The molecule has 0 bridgehead atoms. The molecule has 1 aromatic heterocycles. The number of aliphatic hydroxyl groups excluding tert-OH is 1. The second-order valence-corrected chi connectivity index (χ2v) is 7.34. The lowest BCUT2D eigenvalue weighted by Gasteiger charge is -2.30. The van der Waals surface area contributed by atoms with E-state index < -0.39 is 6.10 Å². The molecule has 1 aliphatic rings. The number of β-amino-alcohol motifs (C(OH)–C–C–N with tert-alkyl or cyclic N) is 1. The van der Waals surface area contributed by atoms with Crippen LogP contribution >= 0.6 is 0 Å². The molecule has 2 aromatic carbocycles. The molecule has 1 unspecified atom stereocenters. The Labute approximate surface area is 167 Å². The van der Waals surface area contributed by atoms with Crippen molar-refractivity contribution in [3.63, 3.8) is 0 Å². The largest absolute Gasteiger partial charge is 0.507 e. The molecule has 1 aliphatic heterocycles. The molecule has 7 heteroatoms. The minimum Gasteiger partial charge on any atom is -0.507 e. The number of hydrogen-bond donors (Lipinski definition) is 3. The molecule has 1 fully saturated rings. The van der Waals surface area contributed by atoms with Crippen molar-refractivity contribution in [1.29, 1.82) is 0 Å². The highest BCUT2D eigenvalue weighted by molar-refractivity contribution is 5.90. The van der Waals surface area contributed by atoms with Crippen LogP contribution in [-0.2, 0) is 6.54 Å². The standard InChI is InChI=1S/C22H23NO6/c1-28-15-6-4-13(5-7-15)17-12-29-22-16(11-23-8-2-3-14(24)10-23)18(25)9-19(26)20(22)21(17)27/h4-7,9,12,14,24-26H,2-3,8,10-11H2,1H3. The van der Waals surface area contributed by atoms with Crippen molar-refractivity contribution in [3.05, 3.63) is 52.4 Å². The Morgan fingerprint density at radius 1 is 1.21 bits per heavy atom. The maximum Gasteiger partial charge on any atom is 0.204 e. The zero-order chi connectivity index (χ0) is 20.5. The molecule has 0 aliphatic carbocycles. The molecule has 1 atom stereocenters. The van der Waals surface area contributed by atoms with E-state index in [-0.39, 0.29) is 27.9 Å². The van der Waals surface area contributed by atoms with E-state index in [2.05, 4.69) is 0 Å². The van der Waals surface area contributed by atoms with Crippen LogP contribution in [0.3, 0.4) is 0 Å². The lowest BCUT2D eigenvalue weighted by atomic mass is 10.0. The van der Waals surface area contributed by atoms with Crippen LogP contribution in [0, 0.1) is 0 Å². The van der Waals surface area contributed by atoms with Crippen molar-refractivity contribution in [2.45, 2.75) is 25.5 Å². The SMILES string of the molecule is COc1ccc(-c2coc3c(CN4CCCC(O)C4)c(O)cc(O)c3c2=O)cc1. The number of fused-ring (bicyclic) bond motifs is 1. The first-order valence-electron chi connectivity index (χ1n) is 9.52. The maximum absolute atomic E-state index is 13.1. The smallest absolute Gasteiger partial charge is 0.204 e. The normalized spacial score (nSPS) is 17.5. The Morgan fingerprint density at radius 3 is 2.66 bits per heavy atom. The predicted octanol–water partition coefficient (Wildman–Crippen LogP) is 2.84. The Morgan fingerprint density at radius 2 is 1.97 bits per heavy atom. The molecule has 7 nitrogen and oxygen atoms in total. The van der Waals surface area contributed by atoms with Crippen LogP contribution in [0.15, 0.2) is 45.8 Å². The van der Waals surface area contributed by atoms with Gasteiger partial charge in [-0.15, -0.1) is 0 Å². The van der Waals surface area contributed by atoms with Crippen LogP contribution < -0.4 is 10.2 Å². The summed E-state index contributed by atoms with van der Waals surface area (Å²) in [7, 11) is 1.56. The summed E-state index contributed by atoms with van der Waals surface area (Å²) in [5.74, 6) is 0.192. The van der Waals surface area contributed by atoms with E-state index in [0.29, 0.717) is 35.5 Å². The molecule has 3 N–H and O–H groups in total. The first-order valence-corrected chi connectivity index (χ1v) is 9.52. The van der Waals surface area contributed by atoms with Crippen LogP contribution in [0.2, 0.25) is 0 Å². The summed E-state index contributed by atoms with van der Waals surface area (Å²) >= 11 is 0. The average molecular weight is 397 g/mol. The van der Waals surface area contributed by atoms with Gasteiger partial charge in [0, 0.05) is 19.2 Å². The lowest BCUT2D eigenvalue weighted by molar-refractivity contribution is 0.0665. The monoisotopic (exact) mass is 397 g/mol. The number of ether oxygens (including phenoxy) is 1. The molecule has 0 radical (unpaired) electrons. The molecule has 29 heavy (non-hydrogen) atoms. The van der Waals surface area contributed by atoms with Gasteiger partial charge in [-0.25, -0.2) is 0 Å². The van der Waals surface area contributed by atoms with Crippen molar-refractivity contribution >= 4 is 11.0 Å². The summed E-state index contributed by atoms with van der Waals surface area (Å²) in [6, 6.07) is 8.13. The predicted molar refractivity (Wildman–Crippen MR) is 108 cm³/mol. The van der Waals surface area contributed by atoms with Gasteiger partial charge < -0.3 is 24.5 Å². The van der Waals surface area contributed by atoms with Crippen LogP contribution in [0.1, 0.15) is 18.4 Å². The van der Waals surface area contributed by atoms with Crippen molar-refractivity contribution in [1.82, 2.24) is 4.90 Å². The van der Waals surface area contributed by atoms with E-state index in [0.717, 1.165) is 19.4 Å². The topological polar surface area (TPSA) is 103 Å². The molecule has 1 saturated heterocycles. The number of aliphatic hydroxyl groups is 1. The quantitative estimate of drug-likeness (QED) is 0.622. The molecule has 4 rings (SSSR count). The number of aromatic hydroxyl groups is 2. The number of benzene rings is 2. The second kappa shape index (κ2) is 7.77. The minimum atomic E-state index is -0.414. The summed E-state index contributed by atoms with van der Waals surface area (Å²) in [5, 5.41) is 30.7. The second-order valence-electron chi connectivity index (χ2n) is 7.34. The molecular formula is C22H23NO6. The fraction of sp³-hybridized carbons (Fsp3) is 0.318. The summed E-state index contributed by atoms with van der Waals surface area (Å²) in [6.07, 6.45) is 2.53. The number of piperidine rings is 1. The number of likely N-dealkylation sites (tertiary alicyclic amines) is 1. The van der Waals surface area contributed by atoms with Gasteiger partial charge in [-0.1, -0.05) is 12.1 Å². The summed E-state index contributed by atoms with van der Waals surface area (Å²) in [5.41, 5.74) is 1.14. The third-order valence-electron chi connectivity index (χ3n) is 5.37. The molecular weight excluding hydrogens is 374 g/mol. The fourth-order valence-electron chi connectivity index (χ4n) is 3.85. The minimum absolute atomic E-state index is 0.0312. The van der Waals surface area contributed by atoms with Crippen molar-refractivity contribution in [2.24, 2.45) is 0 Å². The average Bonchev–Trinajstić information content (AvgIpc) is 2.71. The van der Waals surface area contributed by atoms with Gasteiger partial charge in [-0.2, -0.15) is 0 Å². The van der Waals surface area contributed by atoms with Gasteiger partial charge in [0.05, 0.1) is 24.3 Å². The number of hydrogen-bond acceptors (Lipinski definition) is 7. The van der Waals surface area contributed by atoms with Crippen LogP contribution in [-0.4, -0.2) is 46.5 Å². The van der Waals surface area contributed by atoms with Gasteiger partial charge in [0.25, 0.3) is 0 Å². The van der Waals surface area contributed by atoms with E-state index in [1.165, 1.54) is 12.3 Å². The molecule has 152 valence electrons. The van der Waals surface area contributed by atoms with Crippen molar-refractivity contribution in [3.8, 4) is 28.4 Å². The first kappa shape index (κ1) is 19.3. The highest BCUT2D eigenvalue weighted by Gasteiger charge is 2.23. The fourth-order valence-corrected chi connectivity index (χ4v) is 3.85. The summed E-state index contributed by atoms with van der Waals surface area (Å²) < 4.78 is 10.9. The Bertz CT molecular complexity index is 1090. The number of phenols is 2. The van der Waals surface area contributed by atoms with E-state index >= 15 is 0 Å². The van der Waals surface area contributed by atoms with Gasteiger partial charge in [0.15, 0.2) is 0 Å². The highest BCUT2D eigenvalue weighted by Crippen LogP contribution is 2.35. The number of rotatable bonds is 4. The van der Waals surface area contributed by atoms with Gasteiger partial charge in [0.2, 0.25) is 5.43 Å². The van der Waals surface area contributed by atoms with Crippen molar-refractivity contribution in [2.75, 3.05) is 20.2 Å². The zero-order valence-corrected chi connectivity index (χ0v) is 16.1. The third-order valence-corrected chi connectivity index (χ3v) is 5.37. The number of methoxy groups -OCH3 is 1. The van der Waals surface area contributed by atoms with Crippen LogP contribution in [0.5, 0.6) is 17.2 Å². The van der Waals surface area contributed by atoms with Crippen LogP contribution in [0.4, 0.5) is 0 Å².